The number of benzene rings is 3. The van der Waals surface area contributed by atoms with E-state index in [1.54, 1.807) is 19.2 Å². The number of aromatic nitrogens is 1. The van der Waals surface area contributed by atoms with Crippen LogP contribution in [0.5, 0.6) is 5.75 Å². The van der Waals surface area contributed by atoms with Crippen molar-refractivity contribution in [2.24, 2.45) is 0 Å². The highest BCUT2D eigenvalue weighted by Gasteiger charge is 2.41. The van der Waals surface area contributed by atoms with Crippen molar-refractivity contribution in [2.75, 3.05) is 13.7 Å². The third-order valence-electron chi connectivity index (χ3n) is 7.39. The first-order chi connectivity index (χ1) is 16.9. The van der Waals surface area contributed by atoms with Crippen molar-refractivity contribution in [3.8, 4) is 5.75 Å². The van der Waals surface area contributed by atoms with Crippen LogP contribution in [0.3, 0.4) is 0 Å². The summed E-state index contributed by atoms with van der Waals surface area (Å²) in [5, 5.41) is 10.1. The largest absolute Gasteiger partial charge is 0.496 e. The number of rotatable bonds is 6. The van der Waals surface area contributed by atoms with Crippen LogP contribution in [0.15, 0.2) is 72.9 Å². The van der Waals surface area contributed by atoms with Crippen LogP contribution in [0.25, 0.3) is 10.9 Å². The zero-order valence-corrected chi connectivity index (χ0v) is 21.0. The zero-order valence-electron chi connectivity index (χ0n) is 20.0. The van der Waals surface area contributed by atoms with Gasteiger partial charge in [-0.2, -0.15) is 0 Å². The van der Waals surface area contributed by atoms with Crippen LogP contribution in [-0.2, 0) is 11.7 Å². The standard InChI is InChI=1S/C29H29N2O3Si/c1-19-16-26(34-2)25(24-12-14-30-27(19)24)18-31-15-13-22(20-6-4-3-5-7-20)17-29(31,35)23-10-8-21(9-11-23)28(32)33/h3-12,14,16,22,30H,13,15,17-18H2,1-2H3,(H,32,33)/t22-,29+/m1/s1. The molecule has 0 aliphatic carbocycles. The Bertz CT molecular complexity index is 1350. The van der Waals surface area contributed by atoms with Crippen molar-refractivity contribution in [3.05, 3.63) is 101 Å². The molecule has 2 atom stereocenters. The summed E-state index contributed by atoms with van der Waals surface area (Å²) in [5.41, 5.74) is 6.11. The van der Waals surface area contributed by atoms with Crippen LogP contribution in [0.4, 0.5) is 0 Å². The highest BCUT2D eigenvalue weighted by molar-refractivity contribution is 6.15. The topological polar surface area (TPSA) is 65.6 Å². The van der Waals surface area contributed by atoms with Gasteiger partial charge in [-0.05, 0) is 73.2 Å². The molecule has 1 fully saturated rings. The monoisotopic (exact) mass is 481 g/mol. The molecule has 1 aliphatic heterocycles. The lowest BCUT2D eigenvalue weighted by Gasteiger charge is -2.49. The minimum absolute atomic E-state index is 0.292. The van der Waals surface area contributed by atoms with E-state index >= 15 is 0 Å². The van der Waals surface area contributed by atoms with Crippen LogP contribution in [0.1, 0.15) is 51.4 Å². The fourth-order valence-electron chi connectivity index (χ4n) is 5.47. The molecular weight excluding hydrogens is 452 g/mol. The number of methoxy groups -OCH3 is 1. The van der Waals surface area contributed by atoms with Crippen LogP contribution in [0.2, 0.25) is 0 Å². The van der Waals surface area contributed by atoms with Gasteiger partial charge >= 0.3 is 5.97 Å². The van der Waals surface area contributed by atoms with E-state index in [1.165, 1.54) is 10.9 Å². The van der Waals surface area contributed by atoms with Crippen molar-refractivity contribution >= 4 is 27.1 Å². The van der Waals surface area contributed by atoms with E-state index in [4.69, 9.17) is 4.74 Å². The van der Waals surface area contributed by atoms with Gasteiger partial charge in [-0.15, -0.1) is 0 Å². The Balaban J connectivity index is 1.57. The van der Waals surface area contributed by atoms with Gasteiger partial charge in [0.25, 0.3) is 0 Å². The summed E-state index contributed by atoms with van der Waals surface area (Å²) >= 11 is 0. The molecule has 2 N–H and O–H groups in total. The summed E-state index contributed by atoms with van der Waals surface area (Å²) in [6, 6.07) is 22.1. The Morgan fingerprint density at radius 3 is 2.60 bits per heavy atom. The predicted octanol–water partition coefficient (Wildman–Crippen LogP) is 5.58. The zero-order chi connectivity index (χ0) is 24.6. The first-order valence-electron chi connectivity index (χ1n) is 11.9. The maximum Gasteiger partial charge on any atom is 0.335 e. The van der Waals surface area contributed by atoms with Gasteiger partial charge in [0.1, 0.15) is 5.75 Å². The molecule has 35 heavy (non-hydrogen) atoms. The summed E-state index contributed by atoms with van der Waals surface area (Å²) in [6.07, 6.45) is 3.88. The third kappa shape index (κ3) is 4.28. The number of H-pyrrole nitrogens is 1. The first kappa shape index (κ1) is 23.4. The number of carbonyl (C=O) groups is 1. The molecule has 3 aromatic carbocycles. The average Bonchev–Trinajstić information content (AvgIpc) is 3.38. The van der Waals surface area contributed by atoms with Gasteiger partial charge in [0.05, 0.1) is 22.9 Å². The number of hydrogen-bond acceptors (Lipinski definition) is 3. The summed E-state index contributed by atoms with van der Waals surface area (Å²) in [7, 11) is 5.97. The Hall–Kier alpha value is -3.35. The number of ether oxygens (including phenoxy) is 1. The number of nitrogens with one attached hydrogen (secondary N) is 1. The fraction of sp³-hybridized carbons (Fsp3) is 0.276. The summed E-state index contributed by atoms with van der Waals surface area (Å²) < 4.78 is 5.83. The highest BCUT2D eigenvalue weighted by Crippen LogP contribution is 2.44. The summed E-state index contributed by atoms with van der Waals surface area (Å²) in [6.45, 7) is 3.67. The molecule has 6 heteroatoms. The lowest BCUT2D eigenvalue weighted by atomic mass is 9.81. The molecule has 0 spiro atoms. The molecule has 5 rings (SSSR count). The molecular formula is C29H29N2O3Si. The van der Waals surface area contributed by atoms with Crippen molar-refractivity contribution in [1.29, 1.82) is 0 Å². The van der Waals surface area contributed by atoms with E-state index < -0.39 is 11.1 Å². The van der Waals surface area contributed by atoms with Crippen LogP contribution in [0, 0.1) is 6.92 Å². The number of piperidine rings is 1. The number of nitrogens with zero attached hydrogens (tertiary/aromatic N) is 1. The maximum atomic E-state index is 11.5. The quantitative estimate of drug-likeness (QED) is 0.353. The van der Waals surface area contributed by atoms with Gasteiger partial charge in [-0.25, -0.2) is 4.79 Å². The van der Waals surface area contributed by atoms with Gasteiger partial charge in [0.2, 0.25) is 0 Å². The van der Waals surface area contributed by atoms with Crippen LogP contribution < -0.4 is 4.74 Å². The Morgan fingerprint density at radius 1 is 1.17 bits per heavy atom. The molecule has 3 radical (unpaired) electrons. The lowest BCUT2D eigenvalue weighted by Crippen LogP contribution is -2.51. The maximum absolute atomic E-state index is 11.5. The van der Waals surface area contributed by atoms with Gasteiger partial charge in [0, 0.05) is 34.4 Å². The molecule has 177 valence electrons. The van der Waals surface area contributed by atoms with Crippen molar-refractivity contribution < 1.29 is 14.6 Å². The highest BCUT2D eigenvalue weighted by atomic mass is 28.1. The molecule has 1 aromatic heterocycles. The SMILES string of the molecule is COc1cc(C)c2[nH]ccc2c1CN1CC[C@@H](c2ccccc2)C[C@]1([Si])c1ccc(C(=O)O)cc1. The Labute approximate surface area is 209 Å². The molecule has 4 aromatic rings. The average molecular weight is 482 g/mol. The second-order valence-electron chi connectivity index (χ2n) is 9.41. The number of carboxylic acid groups (broad SMARTS) is 1. The Morgan fingerprint density at radius 2 is 1.91 bits per heavy atom. The Kier molecular flexibility index (Phi) is 6.26. The molecule has 1 saturated heterocycles. The van der Waals surface area contributed by atoms with Gasteiger partial charge < -0.3 is 14.8 Å². The lowest BCUT2D eigenvalue weighted by molar-refractivity contribution is 0.0696. The summed E-state index contributed by atoms with van der Waals surface area (Å²) in [5.74, 6) is 0.354. The normalized spacial score (nSPS) is 20.7. The number of fused-ring (bicyclic) bond motifs is 1. The van der Waals surface area contributed by atoms with Gasteiger partial charge in [0.15, 0.2) is 0 Å². The van der Waals surface area contributed by atoms with E-state index in [0.29, 0.717) is 18.0 Å². The van der Waals surface area contributed by atoms with E-state index in [9.17, 15) is 9.90 Å². The molecule has 0 saturated carbocycles. The molecule has 1 aliphatic rings. The van der Waals surface area contributed by atoms with Crippen LogP contribution in [-0.4, -0.2) is 44.9 Å². The molecule has 2 heterocycles. The van der Waals surface area contributed by atoms with E-state index in [0.717, 1.165) is 47.3 Å². The van der Waals surface area contributed by atoms with Crippen molar-refractivity contribution in [2.45, 2.75) is 37.4 Å². The molecule has 5 nitrogen and oxygen atoms in total. The molecule has 0 bridgehead atoms. The minimum Gasteiger partial charge on any atom is -0.496 e. The molecule has 0 amide bonds. The summed E-state index contributed by atoms with van der Waals surface area (Å²) in [4.78, 5) is 17.3. The van der Waals surface area contributed by atoms with Gasteiger partial charge in [-0.3, -0.25) is 4.90 Å². The van der Waals surface area contributed by atoms with E-state index in [-0.39, 0.29) is 0 Å². The number of hydrogen-bond donors (Lipinski definition) is 2. The van der Waals surface area contributed by atoms with Crippen molar-refractivity contribution in [3.63, 3.8) is 0 Å². The van der Waals surface area contributed by atoms with Crippen molar-refractivity contribution in [1.82, 2.24) is 9.88 Å². The number of aromatic amines is 1. The number of aromatic carboxylic acids is 1. The third-order valence-corrected chi connectivity index (χ3v) is 8.20. The van der Waals surface area contributed by atoms with Gasteiger partial charge in [-0.1, -0.05) is 42.5 Å². The second-order valence-corrected chi connectivity index (χ2v) is 10.2. The van der Waals surface area contributed by atoms with Crippen LogP contribution >= 0.6 is 0 Å². The fourth-order valence-corrected chi connectivity index (χ4v) is 6.08. The molecule has 0 unspecified atom stereocenters. The number of carboxylic acids is 1. The minimum atomic E-state index is -0.915. The smallest absolute Gasteiger partial charge is 0.335 e. The number of aryl methyl sites for hydroxylation is 1. The van der Waals surface area contributed by atoms with E-state index in [1.807, 2.05) is 18.3 Å². The first-order valence-corrected chi connectivity index (χ1v) is 12.4. The van der Waals surface area contributed by atoms with E-state index in [2.05, 4.69) is 69.5 Å². The predicted molar refractivity (Wildman–Crippen MR) is 139 cm³/mol. The number of likely N-dealkylation sites (tertiary alicyclic amines) is 1. The second kappa shape index (κ2) is 9.36.